The average Bonchev–Trinajstić information content (AvgIpc) is 2.30. The summed E-state index contributed by atoms with van der Waals surface area (Å²) in [5.41, 5.74) is 6.96. The molecule has 4 heteroatoms. The van der Waals surface area contributed by atoms with E-state index in [4.69, 9.17) is 5.73 Å². The van der Waals surface area contributed by atoms with Gasteiger partial charge >= 0.3 is 0 Å². The predicted molar refractivity (Wildman–Crippen MR) is 61.9 cm³/mol. The van der Waals surface area contributed by atoms with Crippen molar-refractivity contribution in [1.29, 1.82) is 0 Å². The summed E-state index contributed by atoms with van der Waals surface area (Å²) in [6.45, 7) is 4.30. The van der Waals surface area contributed by atoms with E-state index in [1.807, 2.05) is 0 Å². The highest BCUT2D eigenvalue weighted by Gasteiger charge is 2.16. The molecule has 1 aromatic heterocycles. The third-order valence-electron chi connectivity index (χ3n) is 2.97. The molecule has 15 heavy (non-hydrogen) atoms. The number of hydrogen-bond acceptors (Lipinski definition) is 4. The van der Waals surface area contributed by atoms with E-state index in [2.05, 4.69) is 21.8 Å². The smallest absolute Gasteiger partial charge is 0.137 e. The summed E-state index contributed by atoms with van der Waals surface area (Å²) in [4.78, 5) is 10.7. The molecule has 0 radical (unpaired) electrons. The zero-order chi connectivity index (χ0) is 10.7. The minimum absolute atomic E-state index is 0.632. The van der Waals surface area contributed by atoms with Crippen molar-refractivity contribution >= 4 is 11.6 Å². The number of hydrogen-bond donors (Lipinski definition) is 1. The molecule has 0 aliphatic carbocycles. The number of nitrogens with two attached hydrogens (primary N) is 1. The molecule has 82 valence electrons. The monoisotopic (exact) mass is 206 g/mol. The van der Waals surface area contributed by atoms with E-state index in [0.717, 1.165) is 30.9 Å². The molecular formula is C11H18N4. The van der Waals surface area contributed by atoms with Crippen LogP contribution in [0.1, 0.15) is 31.7 Å². The molecular weight excluding hydrogens is 188 g/mol. The Hall–Kier alpha value is -1.32. The van der Waals surface area contributed by atoms with Crippen LogP contribution in [0.25, 0.3) is 0 Å². The molecule has 0 aromatic carbocycles. The zero-order valence-electron chi connectivity index (χ0n) is 9.24. The molecule has 1 aromatic rings. The van der Waals surface area contributed by atoms with Crippen LogP contribution in [0.4, 0.5) is 11.6 Å². The normalized spacial score (nSPS) is 16.7. The Kier molecular flexibility index (Phi) is 3.04. The summed E-state index contributed by atoms with van der Waals surface area (Å²) in [7, 11) is 0. The molecule has 1 saturated heterocycles. The van der Waals surface area contributed by atoms with Crippen molar-refractivity contribution in [2.24, 2.45) is 0 Å². The number of rotatable bonds is 2. The standard InChI is InChI=1S/C11H18N4/c1-2-9-10(12)13-8-14-11(9)15-6-4-3-5-7-15/h8H,2-7H2,1H3,(H2,12,13,14). The minimum Gasteiger partial charge on any atom is -0.383 e. The lowest BCUT2D eigenvalue weighted by Gasteiger charge is -2.29. The molecule has 0 saturated carbocycles. The van der Waals surface area contributed by atoms with Gasteiger partial charge in [0, 0.05) is 18.7 Å². The summed E-state index contributed by atoms with van der Waals surface area (Å²) in [5, 5.41) is 0. The van der Waals surface area contributed by atoms with E-state index >= 15 is 0 Å². The van der Waals surface area contributed by atoms with Gasteiger partial charge in [-0.15, -0.1) is 0 Å². The molecule has 4 nitrogen and oxygen atoms in total. The first-order valence-electron chi connectivity index (χ1n) is 5.67. The maximum atomic E-state index is 5.86. The van der Waals surface area contributed by atoms with Crippen LogP contribution >= 0.6 is 0 Å². The molecule has 2 N–H and O–H groups in total. The van der Waals surface area contributed by atoms with E-state index in [9.17, 15) is 0 Å². The van der Waals surface area contributed by atoms with Gasteiger partial charge in [0.2, 0.25) is 0 Å². The maximum Gasteiger partial charge on any atom is 0.137 e. The van der Waals surface area contributed by atoms with Crippen LogP contribution in [-0.2, 0) is 6.42 Å². The second kappa shape index (κ2) is 4.47. The Morgan fingerprint density at radius 3 is 2.67 bits per heavy atom. The largest absolute Gasteiger partial charge is 0.383 e. The summed E-state index contributed by atoms with van der Waals surface area (Å²) < 4.78 is 0. The lowest BCUT2D eigenvalue weighted by atomic mass is 10.1. The topological polar surface area (TPSA) is 55.0 Å². The van der Waals surface area contributed by atoms with Gasteiger partial charge in [0.15, 0.2) is 0 Å². The molecule has 0 unspecified atom stereocenters. The molecule has 0 atom stereocenters. The zero-order valence-corrected chi connectivity index (χ0v) is 9.24. The minimum atomic E-state index is 0.632. The number of nitrogen functional groups attached to an aromatic ring is 1. The lowest BCUT2D eigenvalue weighted by Crippen LogP contribution is -2.31. The van der Waals surface area contributed by atoms with Crippen molar-refractivity contribution in [1.82, 2.24) is 9.97 Å². The Labute approximate surface area is 90.5 Å². The van der Waals surface area contributed by atoms with Gasteiger partial charge in [0.1, 0.15) is 18.0 Å². The Bertz CT molecular complexity index is 331. The van der Waals surface area contributed by atoms with Gasteiger partial charge < -0.3 is 10.6 Å². The van der Waals surface area contributed by atoms with Crippen LogP contribution in [0.3, 0.4) is 0 Å². The Balaban J connectivity index is 2.29. The van der Waals surface area contributed by atoms with E-state index < -0.39 is 0 Å². The molecule has 1 fully saturated rings. The first kappa shape index (κ1) is 10.2. The summed E-state index contributed by atoms with van der Waals surface area (Å²) in [5.74, 6) is 1.68. The van der Waals surface area contributed by atoms with Crippen molar-refractivity contribution in [3.8, 4) is 0 Å². The fraction of sp³-hybridized carbons (Fsp3) is 0.636. The highest BCUT2D eigenvalue weighted by atomic mass is 15.2. The Morgan fingerprint density at radius 1 is 1.27 bits per heavy atom. The SMILES string of the molecule is CCc1c(N)ncnc1N1CCCCC1. The second-order valence-corrected chi connectivity index (χ2v) is 3.96. The Morgan fingerprint density at radius 2 is 2.00 bits per heavy atom. The third-order valence-corrected chi connectivity index (χ3v) is 2.97. The fourth-order valence-corrected chi connectivity index (χ4v) is 2.13. The van der Waals surface area contributed by atoms with Gasteiger partial charge in [-0.1, -0.05) is 6.92 Å². The van der Waals surface area contributed by atoms with E-state index in [1.54, 1.807) is 6.33 Å². The molecule has 1 aliphatic heterocycles. The highest BCUT2D eigenvalue weighted by molar-refractivity contribution is 5.56. The van der Waals surface area contributed by atoms with Gasteiger partial charge in [-0.2, -0.15) is 0 Å². The van der Waals surface area contributed by atoms with Gasteiger partial charge in [-0.3, -0.25) is 0 Å². The maximum absolute atomic E-state index is 5.86. The number of anilines is 2. The summed E-state index contributed by atoms with van der Waals surface area (Å²) in [6.07, 6.45) is 6.32. The molecule has 0 amide bonds. The predicted octanol–water partition coefficient (Wildman–Crippen LogP) is 1.61. The van der Waals surface area contributed by atoms with Crippen molar-refractivity contribution in [3.05, 3.63) is 11.9 Å². The van der Waals surface area contributed by atoms with Crippen LogP contribution in [0.2, 0.25) is 0 Å². The van der Waals surface area contributed by atoms with Crippen molar-refractivity contribution in [3.63, 3.8) is 0 Å². The summed E-state index contributed by atoms with van der Waals surface area (Å²) in [6, 6.07) is 0. The van der Waals surface area contributed by atoms with Gasteiger partial charge in [0.05, 0.1) is 0 Å². The molecule has 2 heterocycles. The van der Waals surface area contributed by atoms with Crippen LogP contribution in [-0.4, -0.2) is 23.1 Å². The van der Waals surface area contributed by atoms with Crippen molar-refractivity contribution in [2.45, 2.75) is 32.6 Å². The third kappa shape index (κ3) is 2.03. The molecule has 2 rings (SSSR count). The molecule has 0 spiro atoms. The first-order valence-corrected chi connectivity index (χ1v) is 5.67. The van der Waals surface area contributed by atoms with E-state index in [-0.39, 0.29) is 0 Å². The number of nitrogens with zero attached hydrogens (tertiary/aromatic N) is 3. The van der Waals surface area contributed by atoms with Crippen LogP contribution in [0, 0.1) is 0 Å². The molecule has 1 aliphatic rings. The van der Waals surface area contributed by atoms with Gasteiger partial charge in [-0.05, 0) is 25.7 Å². The first-order chi connectivity index (χ1) is 7.33. The van der Waals surface area contributed by atoms with Gasteiger partial charge in [0.25, 0.3) is 0 Å². The quantitative estimate of drug-likeness (QED) is 0.798. The lowest BCUT2D eigenvalue weighted by molar-refractivity contribution is 0.571. The fourth-order valence-electron chi connectivity index (χ4n) is 2.13. The second-order valence-electron chi connectivity index (χ2n) is 3.96. The van der Waals surface area contributed by atoms with Crippen molar-refractivity contribution in [2.75, 3.05) is 23.7 Å². The van der Waals surface area contributed by atoms with Crippen LogP contribution in [0.5, 0.6) is 0 Å². The van der Waals surface area contributed by atoms with Crippen molar-refractivity contribution < 1.29 is 0 Å². The van der Waals surface area contributed by atoms with Crippen LogP contribution in [0.15, 0.2) is 6.33 Å². The van der Waals surface area contributed by atoms with E-state index in [0.29, 0.717) is 5.82 Å². The van der Waals surface area contributed by atoms with Crippen LogP contribution < -0.4 is 10.6 Å². The highest BCUT2D eigenvalue weighted by Crippen LogP contribution is 2.24. The number of piperidine rings is 1. The van der Waals surface area contributed by atoms with E-state index in [1.165, 1.54) is 19.3 Å². The van der Waals surface area contributed by atoms with Gasteiger partial charge in [-0.25, -0.2) is 9.97 Å². The number of aromatic nitrogens is 2. The average molecular weight is 206 g/mol. The molecule has 0 bridgehead atoms. The summed E-state index contributed by atoms with van der Waals surface area (Å²) >= 11 is 0.